The van der Waals surface area contributed by atoms with Crippen LogP contribution in [0, 0.1) is 39.9 Å². The van der Waals surface area contributed by atoms with Crippen molar-refractivity contribution < 1.29 is 29.6 Å². The minimum Gasteiger partial charge on any atom is -0.478 e. The molecule has 6 heteroatoms. The molecule has 0 radical (unpaired) electrons. The molecular weight excluding hydrogens is 468 g/mol. The van der Waals surface area contributed by atoms with Gasteiger partial charge in [0.2, 0.25) is 0 Å². The van der Waals surface area contributed by atoms with Gasteiger partial charge in [0.15, 0.2) is 0 Å². The molecule has 4 aliphatic carbocycles. The van der Waals surface area contributed by atoms with Gasteiger partial charge in [-0.3, -0.25) is 4.79 Å². The molecule has 4 rings (SSSR count). The third kappa shape index (κ3) is 4.40. The Hall–Kier alpha value is -1.66. The summed E-state index contributed by atoms with van der Waals surface area (Å²) < 4.78 is 5.87. The molecule has 0 amide bonds. The number of esters is 1. The molecule has 0 aliphatic heterocycles. The zero-order valence-electron chi connectivity index (χ0n) is 23.8. The van der Waals surface area contributed by atoms with E-state index in [2.05, 4.69) is 27.7 Å². The minimum atomic E-state index is -0.953. The number of ether oxygens (including phenoxy) is 1. The van der Waals surface area contributed by atoms with Crippen molar-refractivity contribution >= 4 is 11.9 Å². The summed E-state index contributed by atoms with van der Waals surface area (Å²) in [6.45, 7) is 14.5. The van der Waals surface area contributed by atoms with Gasteiger partial charge in [-0.25, -0.2) is 4.79 Å². The van der Waals surface area contributed by atoms with E-state index in [-0.39, 0.29) is 40.1 Å². The number of rotatable bonds is 5. The van der Waals surface area contributed by atoms with E-state index >= 15 is 0 Å². The second-order valence-electron chi connectivity index (χ2n) is 13.6. The van der Waals surface area contributed by atoms with Gasteiger partial charge >= 0.3 is 11.9 Å². The van der Waals surface area contributed by atoms with E-state index in [1.807, 2.05) is 19.9 Å². The molecule has 10 atom stereocenters. The molecule has 208 valence electrons. The number of aliphatic hydroxyl groups is 2. The fourth-order valence-corrected chi connectivity index (χ4v) is 9.79. The SMILES string of the molecule is CC(=O)O[C@H]1C[C@@]2(C)C(CC(O)[C@@H]3C2(C)CCC2C(C)C(O)CC[C@@]23C)/C1=C(\CCC=C(C)C)C(=O)O. The Labute approximate surface area is 222 Å². The van der Waals surface area contributed by atoms with Crippen LogP contribution in [-0.2, 0) is 14.3 Å². The average Bonchev–Trinajstić information content (AvgIpc) is 3.05. The molecule has 0 heterocycles. The first-order chi connectivity index (χ1) is 17.2. The predicted molar refractivity (Wildman–Crippen MR) is 143 cm³/mol. The van der Waals surface area contributed by atoms with Crippen molar-refractivity contribution in [2.75, 3.05) is 0 Å². The van der Waals surface area contributed by atoms with Crippen LogP contribution in [0.15, 0.2) is 22.8 Å². The molecule has 0 aromatic carbocycles. The van der Waals surface area contributed by atoms with Crippen molar-refractivity contribution in [3.8, 4) is 0 Å². The van der Waals surface area contributed by atoms with Crippen molar-refractivity contribution in [1.29, 1.82) is 0 Å². The molecule has 6 nitrogen and oxygen atoms in total. The van der Waals surface area contributed by atoms with Gasteiger partial charge in [-0.2, -0.15) is 0 Å². The van der Waals surface area contributed by atoms with Crippen LogP contribution in [0.5, 0.6) is 0 Å². The van der Waals surface area contributed by atoms with Crippen molar-refractivity contribution in [2.45, 2.75) is 118 Å². The molecule has 4 saturated carbocycles. The number of hydrogen-bond acceptors (Lipinski definition) is 5. The number of hydrogen-bond donors (Lipinski definition) is 3. The number of allylic oxidation sites excluding steroid dienone is 2. The first-order valence-electron chi connectivity index (χ1n) is 14.3. The number of carbonyl (C=O) groups excluding carboxylic acids is 1. The van der Waals surface area contributed by atoms with E-state index in [0.717, 1.165) is 36.8 Å². The highest BCUT2D eigenvalue weighted by molar-refractivity contribution is 5.88. The van der Waals surface area contributed by atoms with Crippen LogP contribution in [-0.4, -0.2) is 45.6 Å². The van der Waals surface area contributed by atoms with Crippen LogP contribution >= 0.6 is 0 Å². The van der Waals surface area contributed by atoms with E-state index < -0.39 is 24.1 Å². The number of carboxylic acid groups (broad SMARTS) is 1. The summed E-state index contributed by atoms with van der Waals surface area (Å²) in [6.07, 6.45) is 6.22. The van der Waals surface area contributed by atoms with E-state index in [1.54, 1.807) is 0 Å². The molecule has 4 aliphatic rings. The molecule has 0 spiro atoms. The first kappa shape index (κ1) is 28.4. The minimum absolute atomic E-state index is 0.0474. The van der Waals surface area contributed by atoms with Crippen LogP contribution in [0.3, 0.4) is 0 Å². The highest BCUT2D eigenvalue weighted by atomic mass is 16.5. The van der Waals surface area contributed by atoms with Gasteiger partial charge in [0.25, 0.3) is 0 Å². The lowest BCUT2D eigenvalue weighted by atomic mass is 9.36. The standard InChI is InChI=1S/C31H48O6/c1-17(2)9-8-10-20(28(35)36)26-22-15-24(34)27-29(5)13-12-23(33)18(3)21(29)11-14-30(27,6)31(22,7)16-25(26)37-19(4)32/h9,18,21-25,27,33-34H,8,10-16H2,1-7H3,(H,35,36)/b26-20-/t18?,21?,22?,23?,24?,25-,27-,29-,30?,31-/m0/s1. The van der Waals surface area contributed by atoms with Gasteiger partial charge in [0, 0.05) is 12.5 Å². The fourth-order valence-electron chi connectivity index (χ4n) is 9.79. The van der Waals surface area contributed by atoms with Crippen molar-refractivity contribution in [3.05, 3.63) is 22.8 Å². The number of fused-ring (bicyclic) bond motifs is 5. The van der Waals surface area contributed by atoms with Crippen LogP contribution in [0.25, 0.3) is 0 Å². The maximum absolute atomic E-state index is 12.6. The molecule has 0 aromatic rings. The van der Waals surface area contributed by atoms with Gasteiger partial charge in [0.05, 0.1) is 12.2 Å². The molecule has 3 N–H and O–H groups in total. The fraction of sp³-hybridized carbons (Fsp3) is 0.806. The Kier molecular flexibility index (Phi) is 7.53. The van der Waals surface area contributed by atoms with E-state index in [0.29, 0.717) is 37.2 Å². The highest BCUT2D eigenvalue weighted by Crippen LogP contribution is 2.74. The predicted octanol–water partition coefficient (Wildman–Crippen LogP) is 5.67. The second-order valence-corrected chi connectivity index (χ2v) is 13.6. The Morgan fingerprint density at radius 3 is 2.30 bits per heavy atom. The summed E-state index contributed by atoms with van der Waals surface area (Å²) in [5, 5.41) is 32.9. The summed E-state index contributed by atoms with van der Waals surface area (Å²) >= 11 is 0. The summed E-state index contributed by atoms with van der Waals surface area (Å²) in [6, 6.07) is 0. The summed E-state index contributed by atoms with van der Waals surface area (Å²) in [4.78, 5) is 24.8. The Morgan fingerprint density at radius 2 is 1.70 bits per heavy atom. The molecule has 4 fully saturated rings. The number of aliphatic carboxylic acids is 1. The van der Waals surface area contributed by atoms with Crippen LogP contribution in [0.4, 0.5) is 0 Å². The van der Waals surface area contributed by atoms with Gasteiger partial charge in [-0.1, -0.05) is 39.3 Å². The normalized spacial score (nSPS) is 46.2. The monoisotopic (exact) mass is 516 g/mol. The van der Waals surface area contributed by atoms with Crippen molar-refractivity contribution in [2.24, 2.45) is 39.9 Å². The Morgan fingerprint density at radius 1 is 1.03 bits per heavy atom. The summed E-state index contributed by atoms with van der Waals surface area (Å²) in [7, 11) is 0. The largest absolute Gasteiger partial charge is 0.478 e. The molecule has 0 bridgehead atoms. The molecule has 37 heavy (non-hydrogen) atoms. The third-order valence-corrected chi connectivity index (χ3v) is 11.6. The lowest BCUT2D eigenvalue weighted by Crippen LogP contribution is -2.65. The molecule has 0 saturated heterocycles. The zero-order chi connectivity index (χ0) is 27.5. The van der Waals surface area contributed by atoms with E-state index in [4.69, 9.17) is 4.74 Å². The number of aliphatic hydroxyl groups excluding tert-OH is 2. The Balaban J connectivity index is 1.82. The van der Waals surface area contributed by atoms with E-state index in [9.17, 15) is 24.9 Å². The smallest absolute Gasteiger partial charge is 0.331 e. The first-order valence-corrected chi connectivity index (χ1v) is 14.3. The number of carbonyl (C=O) groups is 2. The van der Waals surface area contributed by atoms with Crippen LogP contribution in [0.1, 0.15) is 99.8 Å². The van der Waals surface area contributed by atoms with E-state index in [1.165, 1.54) is 6.92 Å². The Bertz CT molecular complexity index is 994. The zero-order valence-corrected chi connectivity index (χ0v) is 23.8. The molecule has 0 aromatic heterocycles. The van der Waals surface area contributed by atoms with Crippen LogP contribution in [0.2, 0.25) is 0 Å². The van der Waals surface area contributed by atoms with Crippen molar-refractivity contribution in [1.82, 2.24) is 0 Å². The second kappa shape index (κ2) is 9.82. The quantitative estimate of drug-likeness (QED) is 0.247. The lowest BCUT2D eigenvalue weighted by Gasteiger charge is -2.69. The average molecular weight is 517 g/mol. The highest BCUT2D eigenvalue weighted by Gasteiger charge is 2.70. The maximum Gasteiger partial charge on any atom is 0.331 e. The topological polar surface area (TPSA) is 104 Å². The van der Waals surface area contributed by atoms with Crippen molar-refractivity contribution in [3.63, 3.8) is 0 Å². The lowest BCUT2D eigenvalue weighted by molar-refractivity contribution is -0.234. The molecule has 6 unspecified atom stereocenters. The maximum atomic E-state index is 12.6. The van der Waals surface area contributed by atoms with Gasteiger partial charge < -0.3 is 20.1 Å². The van der Waals surface area contributed by atoms with Gasteiger partial charge in [-0.05, 0) is 111 Å². The summed E-state index contributed by atoms with van der Waals surface area (Å²) in [5.74, 6) is -0.909. The number of carboxylic acids is 1. The third-order valence-electron chi connectivity index (χ3n) is 11.6. The van der Waals surface area contributed by atoms with Crippen LogP contribution < -0.4 is 0 Å². The van der Waals surface area contributed by atoms with Gasteiger partial charge in [0.1, 0.15) is 6.10 Å². The van der Waals surface area contributed by atoms with Gasteiger partial charge in [-0.15, -0.1) is 0 Å². The molecular formula is C31H48O6. The summed E-state index contributed by atoms with van der Waals surface area (Å²) in [5.41, 5.74) is 1.57.